The van der Waals surface area contributed by atoms with Crippen LogP contribution in [0.3, 0.4) is 0 Å². The third-order valence-electron chi connectivity index (χ3n) is 4.97. The van der Waals surface area contributed by atoms with Crippen LogP contribution in [-0.4, -0.2) is 34.4 Å². The lowest BCUT2D eigenvalue weighted by molar-refractivity contribution is -0.136. The number of aliphatic hydroxyl groups is 1. The van der Waals surface area contributed by atoms with Gasteiger partial charge >= 0.3 is 5.97 Å². The van der Waals surface area contributed by atoms with Gasteiger partial charge in [-0.3, -0.25) is 4.79 Å². The van der Waals surface area contributed by atoms with E-state index in [-0.39, 0.29) is 12.5 Å². The maximum Gasteiger partial charge on any atom is 0.307 e. The highest BCUT2D eigenvalue weighted by Gasteiger charge is 2.43. The van der Waals surface area contributed by atoms with E-state index >= 15 is 0 Å². The molecular weight excluding hydrogens is 344 g/mol. The molecule has 1 aliphatic rings. The standard InChI is InChI=1S/C21H26N2O4/c1-21(2)20(26)19(23-9-8-13-6-4-3-5-7-13)15-10-14(11-18(24)25)16(22)12-17(15)27-21/h3-7,10,12,19-20,23,26H,8-9,11,22H2,1-2H3,(H,24,25). The third-order valence-corrected chi connectivity index (χ3v) is 4.97. The lowest BCUT2D eigenvalue weighted by Crippen LogP contribution is -2.52. The summed E-state index contributed by atoms with van der Waals surface area (Å²) in [6, 6.07) is 13.1. The first-order valence-electron chi connectivity index (χ1n) is 9.06. The van der Waals surface area contributed by atoms with Gasteiger partial charge in [-0.25, -0.2) is 0 Å². The zero-order chi connectivity index (χ0) is 19.6. The second kappa shape index (κ2) is 7.58. The SMILES string of the molecule is CC1(C)Oc2cc(N)c(CC(=O)O)cc2C(NCCc2ccccc2)C1O. The minimum absolute atomic E-state index is 0.171. The Labute approximate surface area is 159 Å². The molecule has 27 heavy (non-hydrogen) atoms. The van der Waals surface area contributed by atoms with E-state index in [2.05, 4.69) is 17.4 Å². The van der Waals surface area contributed by atoms with Crippen molar-refractivity contribution >= 4 is 11.7 Å². The highest BCUT2D eigenvalue weighted by Crippen LogP contribution is 2.41. The molecule has 5 N–H and O–H groups in total. The molecular formula is C21H26N2O4. The van der Waals surface area contributed by atoms with Crippen LogP contribution in [0.5, 0.6) is 5.75 Å². The molecule has 3 rings (SSSR count). The predicted octanol–water partition coefficient (Wildman–Crippen LogP) is 2.30. The summed E-state index contributed by atoms with van der Waals surface area (Å²) < 4.78 is 5.95. The zero-order valence-electron chi connectivity index (χ0n) is 15.6. The second-order valence-corrected chi connectivity index (χ2v) is 7.48. The molecule has 0 aliphatic carbocycles. The largest absolute Gasteiger partial charge is 0.485 e. The smallest absolute Gasteiger partial charge is 0.307 e. The highest BCUT2D eigenvalue weighted by molar-refractivity contribution is 5.74. The molecule has 0 fully saturated rings. The number of anilines is 1. The molecule has 2 unspecified atom stereocenters. The third kappa shape index (κ3) is 4.23. The quantitative estimate of drug-likeness (QED) is 0.582. The molecule has 6 heteroatoms. The van der Waals surface area contributed by atoms with Gasteiger partial charge in [0.1, 0.15) is 17.5 Å². The molecule has 0 aromatic heterocycles. The monoisotopic (exact) mass is 370 g/mol. The Morgan fingerprint density at radius 1 is 1.26 bits per heavy atom. The van der Waals surface area contributed by atoms with Crippen LogP contribution in [0.25, 0.3) is 0 Å². The van der Waals surface area contributed by atoms with E-state index in [0.29, 0.717) is 23.5 Å². The molecule has 0 radical (unpaired) electrons. The van der Waals surface area contributed by atoms with Crippen molar-refractivity contribution in [3.8, 4) is 5.75 Å². The van der Waals surface area contributed by atoms with E-state index in [1.807, 2.05) is 32.0 Å². The van der Waals surface area contributed by atoms with E-state index in [1.54, 1.807) is 12.1 Å². The first kappa shape index (κ1) is 19.2. The molecule has 144 valence electrons. The average Bonchev–Trinajstić information content (AvgIpc) is 2.60. The number of benzene rings is 2. The van der Waals surface area contributed by atoms with E-state index in [0.717, 1.165) is 12.0 Å². The van der Waals surface area contributed by atoms with Crippen LogP contribution in [0.1, 0.15) is 36.6 Å². The van der Waals surface area contributed by atoms with Crippen LogP contribution < -0.4 is 15.8 Å². The minimum atomic E-state index is -0.951. The van der Waals surface area contributed by atoms with Gasteiger partial charge in [-0.05, 0) is 44.0 Å². The van der Waals surface area contributed by atoms with Crippen molar-refractivity contribution in [1.82, 2.24) is 5.32 Å². The molecule has 0 bridgehead atoms. The van der Waals surface area contributed by atoms with Crippen molar-refractivity contribution in [1.29, 1.82) is 0 Å². The van der Waals surface area contributed by atoms with E-state index in [1.165, 1.54) is 5.56 Å². The van der Waals surface area contributed by atoms with Gasteiger partial charge in [-0.2, -0.15) is 0 Å². The van der Waals surface area contributed by atoms with Crippen molar-refractivity contribution in [3.05, 3.63) is 59.2 Å². The average molecular weight is 370 g/mol. The lowest BCUT2D eigenvalue weighted by Gasteiger charge is -2.42. The molecule has 2 aromatic carbocycles. The van der Waals surface area contributed by atoms with Gasteiger partial charge in [0.25, 0.3) is 0 Å². The van der Waals surface area contributed by atoms with Gasteiger partial charge in [0, 0.05) is 17.3 Å². The molecule has 1 aliphatic heterocycles. The fourth-order valence-electron chi connectivity index (χ4n) is 3.46. The van der Waals surface area contributed by atoms with E-state index in [9.17, 15) is 9.90 Å². The van der Waals surface area contributed by atoms with Gasteiger partial charge < -0.3 is 26.0 Å². The summed E-state index contributed by atoms with van der Waals surface area (Å²) in [5.74, 6) is -0.373. The van der Waals surface area contributed by atoms with Crippen molar-refractivity contribution in [2.45, 2.75) is 44.4 Å². The van der Waals surface area contributed by atoms with Crippen LogP contribution >= 0.6 is 0 Å². The highest BCUT2D eigenvalue weighted by atomic mass is 16.5. The molecule has 0 amide bonds. The van der Waals surface area contributed by atoms with Crippen LogP contribution in [-0.2, 0) is 17.6 Å². The topological polar surface area (TPSA) is 105 Å². The normalized spacial score (nSPS) is 20.6. The summed E-state index contributed by atoms with van der Waals surface area (Å²) in [4.78, 5) is 11.1. The Kier molecular flexibility index (Phi) is 5.39. The number of hydrogen-bond donors (Lipinski definition) is 4. The van der Waals surface area contributed by atoms with Crippen molar-refractivity contribution in [2.24, 2.45) is 0 Å². The number of aliphatic carboxylic acids is 1. The maximum absolute atomic E-state index is 11.1. The van der Waals surface area contributed by atoms with E-state index < -0.39 is 17.7 Å². The molecule has 2 aromatic rings. The Morgan fingerprint density at radius 3 is 2.63 bits per heavy atom. The number of aliphatic hydroxyl groups excluding tert-OH is 1. The number of nitrogens with two attached hydrogens (primary N) is 1. The fourth-order valence-corrected chi connectivity index (χ4v) is 3.46. The summed E-state index contributed by atoms with van der Waals surface area (Å²) >= 11 is 0. The number of carboxylic acids is 1. The Hall–Kier alpha value is -2.57. The Balaban J connectivity index is 1.86. The Morgan fingerprint density at radius 2 is 1.96 bits per heavy atom. The van der Waals surface area contributed by atoms with E-state index in [4.69, 9.17) is 15.6 Å². The molecule has 1 heterocycles. The van der Waals surface area contributed by atoms with Gasteiger partial charge in [-0.1, -0.05) is 30.3 Å². The minimum Gasteiger partial charge on any atom is -0.485 e. The number of hydrogen-bond acceptors (Lipinski definition) is 5. The number of fused-ring (bicyclic) bond motifs is 1. The lowest BCUT2D eigenvalue weighted by atomic mass is 9.85. The molecule has 2 atom stereocenters. The summed E-state index contributed by atoms with van der Waals surface area (Å²) in [6.45, 7) is 4.32. The van der Waals surface area contributed by atoms with Gasteiger partial charge in [0.15, 0.2) is 0 Å². The molecule has 0 saturated carbocycles. The van der Waals surface area contributed by atoms with Crippen molar-refractivity contribution < 1.29 is 19.7 Å². The number of rotatable bonds is 6. The molecule has 6 nitrogen and oxygen atoms in total. The number of nitrogen functional groups attached to an aromatic ring is 1. The van der Waals surface area contributed by atoms with Gasteiger partial charge in [0.05, 0.1) is 12.5 Å². The van der Waals surface area contributed by atoms with Crippen LogP contribution in [0.15, 0.2) is 42.5 Å². The maximum atomic E-state index is 11.1. The second-order valence-electron chi connectivity index (χ2n) is 7.48. The summed E-state index contributed by atoms with van der Waals surface area (Å²) in [5.41, 5.74) is 8.06. The van der Waals surface area contributed by atoms with Crippen molar-refractivity contribution in [2.75, 3.05) is 12.3 Å². The van der Waals surface area contributed by atoms with Crippen LogP contribution in [0.2, 0.25) is 0 Å². The number of carboxylic acid groups (broad SMARTS) is 1. The summed E-state index contributed by atoms with van der Waals surface area (Å²) in [7, 11) is 0. The number of nitrogens with one attached hydrogen (secondary N) is 1. The zero-order valence-corrected chi connectivity index (χ0v) is 15.6. The van der Waals surface area contributed by atoms with Crippen molar-refractivity contribution in [3.63, 3.8) is 0 Å². The fraction of sp³-hybridized carbons (Fsp3) is 0.381. The van der Waals surface area contributed by atoms with Gasteiger partial charge in [-0.15, -0.1) is 0 Å². The van der Waals surface area contributed by atoms with Gasteiger partial charge in [0.2, 0.25) is 0 Å². The molecule has 0 saturated heterocycles. The number of ether oxygens (including phenoxy) is 1. The summed E-state index contributed by atoms with van der Waals surface area (Å²) in [6.07, 6.45) is -0.144. The van der Waals surface area contributed by atoms with Crippen LogP contribution in [0.4, 0.5) is 5.69 Å². The first-order valence-corrected chi connectivity index (χ1v) is 9.06. The molecule has 0 spiro atoms. The van der Waals surface area contributed by atoms with Crippen LogP contribution in [0, 0.1) is 0 Å². The first-order chi connectivity index (χ1) is 12.8. The number of carbonyl (C=O) groups is 1. The predicted molar refractivity (Wildman–Crippen MR) is 104 cm³/mol. The Bertz CT molecular complexity index is 820. The summed E-state index contributed by atoms with van der Waals surface area (Å²) in [5, 5.41) is 23.4.